The Balaban J connectivity index is 2.34. The molecule has 0 saturated carbocycles. The van der Waals surface area contributed by atoms with Gasteiger partial charge in [0.2, 0.25) is 0 Å². The molecule has 0 heterocycles. The van der Waals surface area contributed by atoms with Gasteiger partial charge in [0, 0.05) is 12.1 Å². The van der Waals surface area contributed by atoms with Crippen LogP contribution in [0, 0.1) is 0 Å². The van der Waals surface area contributed by atoms with Crippen molar-refractivity contribution in [1.29, 1.82) is 0 Å². The maximum Gasteiger partial charge on any atom is 0.150 e. The second-order valence-electron chi connectivity index (χ2n) is 4.68. The van der Waals surface area contributed by atoms with Gasteiger partial charge >= 0.3 is 0 Å². The Hall–Kier alpha value is -1.93. The third kappa shape index (κ3) is 3.05. The predicted molar refractivity (Wildman–Crippen MR) is 74.7 cm³/mol. The summed E-state index contributed by atoms with van der Waals surface area (Å²) in [5, 5.41) is 0. The van der Waals surface area contributed by atoms with Gasteiger partial charge in [0.15, 0.2) is 0 Å². The summed E-state index contributed by atoms with van der Waals surface area (Å²) in [7, 11) is 4.11. The van der Waals surface area contributed by atoms with Gasteiger partial charge in [0.05, 0.1) is 0 Å². The van der Waals surface area contributed by atoms with Crippen LogP contribution in [0.3, 0.4) is 0 Å². The molecular formula is C16H17NO. The lowest BCUT2D eigenvalue weighted by atomic mass is 10.0. The van der Waals surface area contributed by atoms with Crippen LogP contribution in [0.2, 0.25) is 0 Å². The first-order valence-electron chi connectivity index (χ1n) is 5.98. The Bertz CT molecular complexity index is 546. The van der Waals surface area contributed by atoms with Gasteiger partial charge in [-0.2, -0.15) is 0 Å². The zero-order valence-corrected chi connectivity index (χ0v) is 10.8. The molecule has 0 bridgehead atoms. The van der Waals surface area contributed by atoms with Crippen LogP contribution in [0.1, 0.15) is 15.9 Å². The average molecular weight is 239 g/mol. The summed E-state index contributed by atoms with van der Waals surface area (Å²) in [6.07, 6.45) is 0.882. The molecule has 0 aliphatic carbocycles. The molecule has 0 unspecified atom stereocenters. The van der Waals surface area contributed by atoms with Gasteiger partial charge in [-0.1, -0.05) is 36.4 Å². The molecule has 2 heteroatoms. The SMILES string of the molecule is CN(C)Cc1cccc(-c2cccc(C=O)c2)c1. The fourth-order valence-corrected chi connectivity index (χ4v) is 2.01. The predicted octanol–water partition coefficient (Wildman–Crippen LogP) is 3.23. The Morgan fingerprint density at radius 1 is 1.00 bits per heavy atom. The van der Waals surface area contributed by atoms with Crippen molar-refractivity contribution in [2.45, 2.75) is 6.54 Å². The molecule has 2 aromatic carbocycles. The highest BCUT2D eigenvalue weighted by Crippen LogP contribution is 2.21. The minimum absolute atomic E-state index is 0.713. The smallest absolute Gasteiger partial charge is 0.150 e. The summed E-state index contributed by atoms with van der Waals surface area (Å²) in [5.41, 5.74) is 4.22. The molecule has 0 radical (unpaired) electrons. The third-order valence-electron chi connectivity index (χ3n) is 2.78. The van der Waals surface area contributed by atoms with Crippen LogP contribution in [0.4, 0.5) is 0 Å². The first-order valence-corrected chi connectivity index (χ1v) is 5.98. The van der Waals surface area contributed by atoms with E-state index in [1.165, 1.54) is 5.56 Å². The highest BCUT2D eigenvalue weighted by molar-refractivity contribution is 5.78. The first kappa shape index (κ1) is 12.5. The van der Waals surface area contributed by atoms with Gasteiger partial charge in [-0.25, -0.2) is 0 Å². The zero-order valence-electron chi connectivity index (χ0n) is 10.8. The van der Waals surface area contributed by atoms with Gasteiger partial charge in [-0.15, -0.1) is 0 Å². The average Bonchev–Trinajstić information content (AvgIpc) is 2.38. The molecule has 0 aliphatic rings. The van der Waals surface area contributed by atoms with Crippen LogP contribution in [0.15, 0.2) is 48.5 Å². The number of benzene rings is 2. The monoisotopic (exact) mass is 239 g/mol. The summed E-state index contributed by atoms with van der Waals surface area (Å²) >= 11 is 0. The van der Waals surface area contributed by atoms with E-state index in [9.17, 15) is 4.79 Å². The summed E-state index contributed by atoms with van der Waals surface area (Å²) in [5.74, 6) is 0. The van der Waals surface area contributed by atoms with Gasteiger partial charge in [-0.3, -0.25) is 4.79 Å². The molecule has 18 heavy (non-hydrogen) atoms. The van der Waals surface area contributed by atoms with E-state index in [2.05, 4.69) is 43.3 Å². The highest BCUT2D eigenvalue weighted by Gasteiger charge is 2.01. The summed E-state index contributed by atoms with van der Waals surface area (Å²) < 4.78 is 0. The minimum Gasteiger partial charge on any atom is -0.305 e. The maximum absolute atomic E-state index is 10.8. The van der Waals surface area contributed by atoms with E-state index in [0.29, 0.717) is 5.56 Å². The standard InChI is InChI=1S/C16H17NO/c1-17(2)11-13-5-3-7-15(9-13)16-8-4-6-14(10-16)12-18/h3-10,12H,11H2,1-2H3. The fourth-order valence-electron chi connectivity index (χ4n) is 2.01. The lowest BCUT2D eigenvalue weighted by Gasteiger charge is -2.11. The van der Waals surface area contributed by atoms with Crippen LogP contribution in [-0.2, 0) is 6.54 Å². The van der Waals surface area contributed by atoms with Crippen LogP contribution < -0.4 is 0 Å². The van der Waals surface area contributed by atoms with E-state index in [1.54, 1.807) is 0 Å². The van der Waals surface area contributed by atoms with E-state index in [1.807, 2.05) is 24.3 Å². The lowest BCUT2D eigenvalue weighted by Crippen LogP contribution is -2.10. The molecule has 0 spiro atoms. The Morgan fingerprint density at radius 2 is 1.67 bits per heavy atom. The van der Waals surface area contributed by atoms with Crippen LogP contribution in [0.25, 0.3) is 11.1 Å². The molecule has 92 valence electrons. The molecule has 0 aliphatic heterocycles. The Morgan fingerprint density at radius 3 is 2.33 bits per heavy atom. The summed E-state index contributed by atoms with van der Waals surface area (Å²) in [6, 6.07) is 16.1. The number of hydrogen-bond acceptors (Lipinski definition) is 2. The van der Waals surface area contributed by atoms with Crippen molar-refractivity contribution in [2.24, 2.45) is 0 Å². The van der Waals surface area contributed by atoms with E-state index < -0.39 is 0 Å². The van der Waals surface area contributed by atoms with Crippen molar-refractivity contribution in [3.05, 3.63) is 59.7 Å². The Labute approximate surface area is 108 Å². The van der Waals surface area contributed by atoms with Crippen molar-refractivity contribution in [2.75, 3.05) is 14.1 Å². The number of carbonyl (C=O) groups excluding carboxylic acids is 1. The van der Waals surface area contributed by atoms with Crippen molar-refractivity contribution in [3.8, 4) is 11.1 Å². The minimum atomic E-state index is 0.713. The number of aldehydes is 1. The van der Waals surface area contributed by atoms with Gasteiger partial charge in [-0.05, 0) is 42.9 Å². The fraction of sp³-hybridized carbons (Fsp3) is 0.188. The molecule has 0 fully saturated rings. The molecule has 2 rings (SSSR count). The lowest BCUT2D eigenvalue weighted by molar-refractivity contribution is 0.112. The molecule has 2 nitrogen and oxygen atoms in total. The molecule has 0 amide bonds. The number of nitrogens with zero attached hydrogens (tertiary/aromatic N) is 1. The van der Waals surface area contributed by atoms with E-state index in [4.69, 9.17) is 0 Å². The van der Waals surface area contributed by atoms with Crippen molar-refractivity contribution in [3.63, 3.8) is 0 Å². The van der Waals surface area contributed by atoms with Gasteiger partial charge < -0.3 is 4.90 Å². The van der Waals surface area contributed by atoms with Crippen LogP contribution >= 0.6 is 0 Å². The normalized spacial score (nSPS) is 10.6. The summed E-state index contributed by atoms with van der Waals surface area (Å²) in [6.45, 7) is 0.918. The number of carbonyl (C=O) groups is 1. The van der Waals surface area contributed by atoms with Crippen LogP contribution in [-0.4, -0.2) is 25.3 Å². The van der Waals surface area contributed by atoms with Gasteiger partial charge in [0.1, 0.15) is 6.29 Å². The first-order chi connectivity index (χ1) is 8.69. The number of rotatable bonds is 4. The van der Waals surface area contributed by atoms with Crippen molar-refractivity contribution >= 4 is 6.29 Å². The topological polar surface area (TPSA) is 20.3 Å². The van der Waals surface area contributed by atoms with Crippen molar-refractivity contribution in [1.82, 2.24) is 4.90 Å². The molecular weight excluding hydrogens is 222 g/mol. The molecule has 0 atom stereocenters. The van der Waals surface area contributed by atoms with E-state index in [-0.39, 0.29) is 0 Å². The second-order valence-corrected chi connectivity index (χ2v) is 4.68. The van der Waals surface area contributed by atoms with Gasteiger partial charge in [0.25, 0.3) is 0 Å². The third-order valence-corrected chi connectivity index (χ3v) is 2.78. The summed E-state index contributed by atoms with van der Waals surface area (Å²) in [4.78, 5) is 12.9. The van der Waals surface area contributed by atoms with Crippen LogP contribution in [0.5, 0.6) is 0 Å². The van der Waals surface area contributed by atoms with E-state index >= 15 is 0 Å². The second kappa shape index (κ2) is 5.61. The highest BCUT2D eigenvalue weighted by atomic mass is 16.1. The zero-order chi connectivity index (χ0) is 13.0. The molecule has 0 saturated heterocycles. The molecule has 0 aromatic heterocycles. The van der Waals surface area contributed by atoms with E-state index in [0.717, 1.165) is 24.0 Å². The molecule has 2 aromatic rings. The van der Waals surface area contributed by atoms with Crippen molar-refractivity contribution < 1.29 is 4.79 Å². The molecule has 0 N–H and O–H groups in total. The maximum atomic E-state index is 10.8. The number of hydrogen-bond donors (Lipinski definition) is 0. The largest absolute Gasteiger partial charge is 0.305 e. The Kier molecular flexibility index (Phi) is 3.90. The quantitative estimate of drug-likeness (QED) is 0.763.